The second-order valence-electron chi connectivity index (χ2n) is 3.50. The van der Waals surface area contributed by atoms with E-state index in [2.05, 4.69) is 5.32 Å². The summed E-state index contributed by atoms with van der Waals surface area (Å²) in [7, 11) is 0. The van der Waals surface area contributed by atoms with Crippen molar-refractivity contribution in [1.82, 2.24) is 10.2 Å². The Morgan fingerprint density at radius 2 is 2.36 bits per heavy atom. The third-order valence-electron chi connectivity index (χ3n) is 2.35. The number of hydrogen-bond acceptors (Lipinski definition) is 4. The van der Waals surface area contributed by atoms with Crippen LogP contribution >= 0.6 is 0 Å². The number of amides is 1. The van der Waals surface area contributed by atoms with E-state index in [9.17, 15) is 4.79 Å². The molecule has 2 N–H and O–H groups in total. The van der Waals surface area contributed by atoms with Crippen molar-refractivity contribution in [1.29, 1.82) is 0 Å². The van der Waals surface area contributed by atoms with Crippen molar-refractivity contribution in [2.75, 3.05) is 19.6 Å². The zero-order valence-corrected chi connectivity index (χ0v) is 8.56. The van der Waals surface area contributed by atoms with E-state index in [0.717, 1.165) is 6.54 Å². The molecule has 0 saturated carbocycles. The molecule has 1 saturated heterocycles. The lowest BCUT2D eigenvalue weighted by Crippen LogP contribution is -2.55. The van der Waals surface area contributed by atoms with Gasteiger partial charge in [0, 0.05) is 19.6 Å². The molecular weight excluding hydrogens is 184 g/mol. The third-order valence-corrected chi connectivity index (χ3v) is 2.35. The molecule has 3 atom stereocenters. The molecule has 81 valence electrons. The normalized spacial score (nSPS) is 27.1. The summed E-state index contributed by atoms with van der Waals surface area (Å²) < 4.78 is 5.22. The quantitative estimate of drug-likeness (QED) is 0.577. The fourth-order valence-electron chi connectivity index (χ4n) is 1.66. The molecule has 14 heavy (non-hydrogen) atoms. The van der Waals surface area contributed by atoms with Crippen LogP contribution in [-0.2, 0) is 9.53 Å². The first-order chi connectivity index (χ1) is 6.65. The molecule has 0 aromatic carbocycles. The van der Waals surface area contributed by atoms with Gasteiger partial charge in [0.2, 0.25) is 0 Å². The molecular formula is C9H17N2O3. The molecule has 1 radical (unpaired) electrons. The van der Waals surface area contributed by atoms with Gasteiger partial charge in [0.15, 0.2) is 6.29 Å². The minimum atomic E-state index is -0.805. The summed E-state index contributed by atoms with van der Waals surface area (Å²) in [5.41, 5.74) is 0. The number of nitrogens with one attached hydrogen (secondary N) is 1. The molecule has 1 aliphatic rings. The highest BCUT2D eigenvalue weighted by molar-refractivity contribution is 5.49. The first kappa shape index (κ1) is 11.4. The van der Waals surface area contributed by atoms with Gasteiger partial charge in [-0.3, -0.25) is 4.79 Å². The lowest BCUT2D eigenvalue weighted by Gasteiger charge is -2.36. The Morgan fingerprint density at radius 3 is 2.93 bits per heavy atom. The Hall–Kier alpha value is -0.650. The monoisotopic (exact) mass is 201 g/mol. The molecule has 1 heterocycles. The van der Waals surface area contributed by atoms with E-state index in [4.69, 9.17) is 9.84 Å². The number of piperazine rings is 1. The Kier molecular flexibility index (Phi) is 4.31. The maximum atomic E-state index is 10.6. The first-order valence-electron chi connectivity index (χ1n) is 4.84. The lowest BCUT2D eigenvalue weighted by molar-refractivity contribution is -0.135. The maximum absolute atomic E-state index is 10.6. The summed E-state index contributed by atoms with van der Waals surface area (Å²) in [6.45, 7) is 5.51. The number of carbonyl (C=O) groups excluding carboxylic acids is 1. The van der Waals surface area contributed by atoms with Crippen LogP contribution in [0.3, 0.4) is 0 Å². The molecule has 5 heteroatoms. The molecule has 1 aliphatic heterocycles. The van der Waals surface area contributed by atoms with Gasteiger partial charge in [0.25, 0.3) is 0 Å². The van der Waals surface area contributed by atoms with Gasteiger partial charge in [-0.05, 0) is 13.8 Å². The molecule has 0 aliphatic carbocycles. The molecule has 1 rings (SSSR count). The highest BCUT2D eigenvalue weighted by Crippen LogP contribution is 2.09. The SMILES string of the molecule is CC(O)OC(C)C1CNCCN1[C]=O. The third kappa shape index (κ3) is 2.94. The Labute approximate surface area is 84.0 Å². The second kappa shape index (κ2) is 5.29. The number of nitrogens with zero attached hydrogens (tertiary/aromatic N) is 1. The molecule has 0 bridgehead atoms. The Bertz CT molecular complexity index is 187. The van der Waals surface area contributed by atoms with E-state index in [1.54, 1.807) is 11.8 Å². The molecule has 0 aromatic rings. The van der Waals surface area contributed by atoms with E-state index in [0.29, 0.717) is 13.1 Å². The Balaban J connectivity index is 2.49. The summed E-state index contributed by atoms with van der Waals surface area (Å²) in [6.07, 6.45) is 0.894. The zero-order chi connectivity index (χ0) is 10.6. The van der Waals surface area contributed by atoms with Gasteiger partial charge >= 0.3 is 6.41 Å². The van der Waals surface area contributed by atoms with Gasteiger partial charge in [0.1, 0.15) is 0 Å². The van der Waals surface area contributed by atoms with Crippen molar-refractivity contribution >= 4 is 6.41 Å². The van der Waals surface area contributed by atoms with Gasteiger partial charge in [0.05, 0.1) is 12.1 Å². The van der Waals surface area contributed by atoms with Crippen molar-refractivity contribution in [2.24, 2.45) is 0 Å². The van der Waals surface area contributed by atoms with Crippen LogP contribution in [0.5, 0.6) is 0 Å². The highest BCUT2D eigenvalue weighted by atomic mass is 16.6. The summed E-state index contributed by atoms with van der Waals surface area (Å²) in [4.78, 5) is 12.2. The summed E-state index contributed by atoms with van der Waals surface area (Å²) in [6, 6.07) is -0.0455. The van der Waals surface area contributed by atoms with Crippen LogP contribution in [0.1, 0.15) is 13.8 Å². The van der Waals surface area contributed by atoms with Crippen LogP contribution in [0.15, 0.2) is 0 Å². The predicted molar refractivity (Wildman–Crippen MR) is 51.3 cm³/mol. The molecule has 1 fully saturated rings. The molecule has 5 nitrogen and oxygen atoms in total. The second-order valence-corrected chi connectivity index (χ2v) is 3.50. The van der Waals surface area contributed by atoms with Gasteiger partial charge in [-0.1, -0.05) is 0 Å². The summed E-state index contributed by atoms with van der Waals surface area (Å²) >= 11 is 0. The topological polar surface area (TPSA) is 61.8 Å². The smallest absolute Gasteiger partial charge is 0.312 e. The maximum Gasteiger partial charge on any atom is 0.312 e. The van der Waals surface area contributed by atoms with E-state index in [1.807, 2.05) is 13.3 Å². The summed E-state index contributed by atoms with van der Waals surface area (Å²) in [5.74, 6) is 0. The largest absolute Gasteiger partial charge is 0.368 e. The minimum absolute atomic E-state index is 0.0455. The van der Waals surface area contributed by atoms with Gasteiger partial charge in [-0.15, -0.1) is 0 Å². The van der Waals surface area contributed by atoms with Gasteiger partial charge in [-0.25, -0.2) is 0 Å². The van der Waals surface area contributed by atoms with Crippen LogP contribution < -0.4 is 5.32 Å². The Morgan fingerprint density at radius 1 is 1.64 bits per heavy atom. The number of hydrogen-bond donors (Lipinski definition) is 2. The van der Waals surface area contributed by atoms with Crippen molar-refractivity contribution in [3.63, 3.8) is 0 Å². The summed E-state index contributed by atoms with van der Waals surface area (Å²) in [5, 5.41) is 12.2. The van der Waals surface area contributed by atoms with E-state index in [1.165, 1.54) is 0 Å². The molecule has 1 amide bonds. The van der Waals surface area contributed by atoms with Crippen LogP contribution in [0.4, 0.5) is 0 Å². The van der Waals surface area contributed by atoms with Crippen LogP contribution in [0.25, 0.3) is 0 Å². The average Bonchev–Trinajstić information content (AvgIpc) is 2.16. The van der Waals surface area contributed by atoms with Crippen LogP contribution in [0, 0.1) is 0 Å². The minimum Gasteiger partial charge on any atom is -0.368 e. The number of rotatable bonds is 4. The molecule has 0 spiro atoms. The van der Waals surface area contributed by atoms with Gasteiger partial charge in [-0.2, -0.15) is 0 Å². The fourth-order valence-corrected chi connectivity index (χ4v) is 1.66. The van der Waals surface area contributed by atoms with Crippen molar-refractivity contribution in [3.8, 4) is 0 Å². The molecule has 3 unspecified atom stereocenters. The predicted octanol–water partition coefficient (Wildman–Crippen LogP) is -0.929. The lowest BCUT2D eigenvalue weighted by atomic mass is 10.1. The fraction of sp³-hybridized carbons (Fsp3) is 0.889. The van der Waals surface area contributed by atoms with Crippen LogP contribution in [-0.4, -0.2) is 54.5 Å². The van der Waals surface area contributed by atoms with E-state index in [-0.39, 0.29) is 12.1 Å². The number of aliphatic hydroxyl groups excluding tert-OH is 1. The number of aliphatic hydroxyl groups is 1. The van der Waals surface area contributed by atoms with Crippen molar-refractivity contribution < 1.29 is 14.6 Å². The highest BCUT2D eigenvalue weighted by Gasteiger charge is 2.27. The van der Waals surface area contributed by atoms with E-state index < -0.39 is 6.29 Å². The first-order valence-corrected chi connectivity index (χ1v) is 4.84. The van der Waals surface area contributed by atoms with E-state index >= 15 is 0 Å². The van der Waals surface area contributed by atoms with Crippen molar-refractivity contribution in [2.45, 2.75) is 32.3 Å². The standard InChI is InChI=1S/C9H17N2O3/c1-7(14-8(2)13)9-5-10-3-4-11(9)6-12/h7-10,13H,3-5H2,1-2H3. The van der Waals surface area contributed by atoms with Crippen molar-refractivity contribution in [3.05, 3.63) is 0 Å². The average molecular weight is 201 g/mol. The molecule has 0 aromatic heterocycles. The zero-order valence-electron chi connectivity index (χ0n) is 8.56. The van der Waals surface area contributed by atoms with Gasteiger partial charge < -0.3 is 20.1 Å². The number of ether oxygens (including phenoxy) is 1. The van der Waals surface area contributed by atoms with Crippen LogP contribution in [0.2, 0.25) is 0 Å².